The van der Waals surface area contributed by atoms with Crippen molar-refractivity contribution in [3.8, 4) is 11.5 Å². The molecule has 1 aliphatic rings. The summed E-state index contributed by atoms with van der Waals surface area (Å²) < 4.78 is 10.6. The van der Waals surface area contributed by atoms with E-state index in [4.69, 9.17) is 9.26 Å². The Morgan fingerprint density at radius 3 is 3.00 bits per heavy atom. The van der Waals surface area contributed by atoms with E-state index in [1.165, 1.54) is 0 Å². The van der Waals surface area contributed by atoms with Gasteiger partial charge in [-0.2, -0.15) is 4.98 Å². The molecular formula is C16H20N4O3. The van der Waals surface area contributed by atoms with Crippen molar-refractivity contribution in [2.75, 3.05) is 19.8 Å². The summed E-state index contributed by atoms with van der Waals surface area (Å²) in [7, 11) is 0. The van der Waals surface area contributed by atoms with Crippen molar-refractivity contribution in [1.82, 2.24) is 20.8 Å². The van der Waals surface area contributed by atoms with Crippen LogP contribution in [0.5, 0.6) is 0 Å². The second-order valence-electron chi connectivity index (χ2n) is 5.54. The van der Waals surface area contributed by atoms with Crippen LogP contribution in [0.15, 0.2) is 34.9 Å². The number of morpholine rings is 1. The molecule has 2 atom stereocenters. The molecule has 1 aromatic heterocycles. The van der Waals surface area contributed by atoms with Crippen LogP contribution in [0.1, 0.15) is 25.2 Å². The molecule has 122 valence electrons. The van der Waals surface area contributed by atoms with Gasteiger partial charge in [0.15, 0.2) is 5.82 Å². The average Bonchev–Trinajstić information content (AvgIpc) is 3.06. The first-order valence-corrected chi connectivity index (χ1v) is 7.72. The predicted octanol–water partition coefficient (Wildman–Crippen LogP) is 1.29. The van der Waals surface area contributed by atoms with Gasteiger partial charge in [0, 0.05) is 24.6 Å². The standard InChI is InChI=1S/C16H20N4O3/c1-11(18-14(21)9-13-10-22-8-7-17-13)15-19-16(23-20-15)12-5-3-2-4-6-12/h2-6,11,13,17H,7-10H2,1H3,(H,18,21). The maximum atomic E-state index is 12.1. The number of amides is 1. The van der Waals surface area contributed by atoms with Crippen molar-refractivity contribution < 1.29 is 14.1 Å². The van der Waals surface area contributed by atoms with Gasteiger partial charge in [0.05, 0.1) is 19.3 Å². The molecule has 0 radical (unpaired) electrons. The van der Waals surface area contributed by atoms with Crippen LogP contribution in [-0.4, -0.2) is 41.8 Å². The van der Waals surface area contributed by atoms with Gasteiger partial charge in [-0.05, 0) is 19.1 Å². The molecule has 0 aliphatic carbocycles. The van der Waals surface area contributed by atoms with E-state index >= 15 is 0 Å². The second-order valence-corrected chi connectivity index (χ2v) is 5.54. The summed E-state index contributed by atoms with van der Waals surface area (Å²) >= 11 is 0. The average molecular weight is 316 g/mol. The minimum absolute atomic E-state index is 0.0566. The minimum atomic E-state index is -0.312. The van der Waals surface area contributed by atoms with Crippen LogP contribution >= 0.6 is 0 Å². The monoisotopic (exact) mass is 316 g/mol. The van der Waals surface area contributed by atoms with Crippen molar-refractivity contribution in [2.24, 2.45) is 0 Å². The topological polar surface area (TPSA) is 89.3 Å². The quantitative estimate of drug-likeness (QED) is 0.864. The third-order valence-corrected chi connectivity index (χ3v) is 3.66. The van der Waals surface area contributed by atoms with E-state index in [1.807, 2.05) is 37.3 Å². The number of rotatable bonds is 5. The van der Waals surface area contributed by atoms with Crippen molar-refractivity contribution in [3.05, 3.63) is 36.2 Å². The van der Waals surface area contributed by atoms with E-state index < -0.39 is 0 Å². The molecule has 2 N–H and O–H groups in total. The van der Waals surface area contributed by atoms with Gasteiger partial charge in [-0.25, -0.2) is 0 Å². The Bertz CT molecular complexity index is 638. The SMILES string of the molecule is CC(NC(=O)CC1COCCN1)c1noc(-c2ccccc2)n1. The Labute approximate surface area is 134 Å². The van der Waals surface area contributed by atoms with Gasteiger partial charge >= 0.3 is 0 Å². The third kappa shape index (κ3) is 4.14. The Hall–Kier alpha value is -2.25. The number of ether oxygens (including phenoxy) is 1. The molecule has 0 bridgehead atoms. The number of carbonyl (C=O) groups is 1. The largest absolute Gasteiger partial charge is 0.378 e. The number of hydrogen-bond donors (Lipinski definition) is 2. The van der Waals surface area contributed by atoms with Gasteiger partial charge in [-0.1, -0.05) is 23.4 Å². The van der Waals surface area contributed by atoms with Gasteiger partial charge in [-0.15, -0.1) is 0 Å². The lowest BCUT2D eigenvalue weighted by Crippen LogP contribution is -2.44. The van der Waals surface area contributed by atoms with Gasteiger partial charge in [0.25, 0.3) is 5.89 Å². The maximum absolute atomic E-state index is 12.1. The zero-order chi connectivity index (χ0) is 16.1. The Morgan fingerprint density at radius 1 is 1.43 bits per heavy atom. The fourth-order valence-electron chi connectivity index (χ4n) is 2.45. The highest BCUT2D eigenvalue weighted by Crippen LogP contribution is 2.18. The molecule has 0 spiro atoms. The first-order chi connectivity index (χ1) is 11.2. The zero-order valence-corrected chi connectivity index (χ0v) is 13.0. The minimum Gasteiger partial charge on any atom is -0.378 e. The van der Waals surface area contributed by atoms with Crippen LogP contribution in [0.3, 0.4) is 0 Å². The number of nitrogens with zero attached hydrogens (tertiary/aromatic N) is 2. The molecular weight excluding hydrogens is 296 g/mol. The molecule has 0 saturated carbocycles. The van der Waals surface area contributed by atoms with Gasteiger partial charge in [-0.3, -0.25) is 4.79 Å². The molecule has 2 heterocycles. The summed E-state index contributed by atoms with van der Waals surface area (Å²) in [5.74, 6) is 0.848. The Kier molecular flexibility index (Phi) is 4.99. The number of carbonyl (C=O) groups excluding carboxylic acids is 1. The molecule has 7 heteroatoms. The normalized spacial score (nSPS) is 19.3. The van der Waals surface area contributed by atoms with E-state index in [2.05, 4.69) is 20.8 Å². The lowest BCUT2D eigenvalue weighted by atomic mass is 10.2. The fraction of sp³-hybridized carbons (Fsp3) is 0.438. The number of hydrogen-bond acceptors (Lipinski definition) is 6. The highest BCUT2D eigenvalue weighted by Gasteiger charge is 2.20. The Balaban J connectivity index is 1.56. The predicted molar refractivity (Wildman–Crippen MR) is 83.5 cm³/mol. The third-order valence-electron chi connectivity index (χ3n) is 3.66. The number of nitrogens with one attached hydrogen (secondary N) is 2. The summed E-state index contributed by atoms with van der Waals surface area (Å²) in [5, 5.41) is 10.1. The molecule has 1 aliphatic heterocycles. The van der Waals surface area contributed by atoms with Crippen LogP contribution in [0.4, 0.5) is 0 Å². The zero-order valence-electron chi connectivity index (χ0n) is 13.0. The van der Waals surface area contributed by atoms with Gasteiger partial charge < -0.3 is 19.9 Å². The van der Waals surface area contributed by atoms with Crippen LogP contribution in [0, 0.1) is 0 Å². The summed E-state index contributed by atoms with van der Waals surface area (Å²) in [6.07, 6.45) is 0.369. The van der Waals surface area contributed by atoms with Crippen molar-refractivity contribution in [2.45, 2.75) is 25.4 Å². The van der Waals surface area contributed by atoms with Gasteiger partial charge in [0.1, 0.15) is 0 Å². The second kappa shape index (κ2) is 7.34. The molecule has 3 rings (SSSR count). The molecule has 2 aromatic rings. The van der Waals surface area contributed by atoms with Crippen LogP contribution in [0.2, 0.25) is 0 Å². The van der Waals surface area contributed by atoms with Gasteiger partial charge in [0.2, 0.25) is 5.91 Å². The van der Waals surface area contributed by atoms with E-state index in [-0.39, 0.29) is 18.0 Å². The maximum Gasteiger partial charge on any atom is 0.257 e. The Morgan fingerprint density at radius 2 is 2.26 bits per heavy atom. The van der Waals surface area contributed by atoms with Crippen molar-refractivity contribution in [1.29, 1.82) is 0 Å². The van der Waals surface area contributed by atoms with E-state index in [1.54, 1.807) is 0 Å². The lowest BCUT2D eigenvalue weighted by Gasteiger charge is -2.23. The lowest BCUT2D eigenvalue weighted by molar-refractivity contribution is -0.123. The van der Waals surface area contributed by atoms with E-state index in [0.717, 1.165) is 12.1 Å². The molecule has 23 heavy (non-hydrogen) atoms. The molecule has 1 fully saturated rings. The highest BCUT2D eigenvalue weighted by atomic mass is 16.5. The smallest absolute Gasteiger partial charge is 0.257 e. The van der Waals surface area contributed by atoms with Crippen molar-refractivity contribution >= 4 is 5.91 Å². The summed E-state index contributed by atoms with van der Waals surface area (Å²) in [5.41, 5.74) is 0.855. The highest BCUT2D eigenvalue weighted by molar-refractivity contribution is 5.77. The van der Waals surface area contributed by atoms with Crippen LogP contribution in [-0.2, 0) is 9.53 Å². The summed E-state index contributed by atoms with van der Waals surface area (Å²) in [4.78, 5) is 16.4. The van der Waals surface area contributed by atoms with Crippen LogP contribution in [0.25, 0.3) is 11.5 Å². The number of benzene rings is 1. The van der Waals surface area contributed by atoms with E-state index in [0.29, 0.717) is 31.3 Å². The number of aromatic nitrogens is 2. The first kappa shape index (κ1) is 15.6. The van der Waals surface area contributed by atoms with Crippen LogP contribution < -0.4 is 10.6 Å². The van der Waals surface area contributed by atoms with Crippen molar-refractivity contribution in [3.63, 3.8) is 0 Å². The first-order valence-electron chi connectivity index (χ1n) is 7.72. The fourth-order valence-corrected chi connectivity index (χ4v) is 2.45. The summed E-state index contributed by atoms with van der Waals surface area (Å²) in [6, 6.07) is 9.28. The van der Waals surface area contributed by atoms with E-state index in [9.17, 15) is 4.79 Å². The summed E-state index contributed by atoms with van der Waals surface area (Å²) in [6.45, 7) is 3.86. The molecule has 1 aromatic carbocycles. The molecule has 1 amide bonds. The molecule has 1 saturated heterocycles. The molecule has 7 nitrogen and oxygen atoms in total. The molecule has 2 unspecified atom stereocenters.